The number of carbonyl (C=O) groups is 1. The molecule has 190 valence electrons. The van der Waals surface area contributed by atoms with Crippen molar-refractivity contribution < 1.29 is 13.9 Å². The number of hydrogen-bond donors (Lipinski definition) is 1. The minimum atomic E-state index is -0.580. The molecule has 0 bridgehead atoms. The third-order valence-electron chi connectivity index (χ3n) is 6.51. The summed E-state index contributed by atoms with van der Waals surface area (Å²) in [6, 6.07) is 1.29. The molecule has 4 heterocycles. The van der Waals surface area contributed by atoms with Gasteiger partial charge in [-0.1, -0.05) is 24.1 Å². The van der Waals surface area contributed by atoms with E-state index in [0.29, 0.717) is 53.9 Å². The number of ether oxygens (including phenoxy) is 1. The fraction of sp³-hybridized carbons (Fsp3) is 0.320. The summed E-state index contributed by atoms with van der Waals surface area (Å²) in [6.45, 7) is 6.81. The Balaban J connectivity index is 1.58. The molecule has 1 aliphatic rings. The van der Waals surface area contributed by atoms with Gasteiger partial charge in [-0.05, 0) is 31.4 Å². The number of nitrogens with zero attached hydrogens (tertiary/aromatic N) is 7. The van der Waals surface area contributed by atoms with E-state index in [4.69, 9.17) is 27.2 Å². The molecule has 0 radical (unpaired) electrons. The van der Waals surface area contributed by atoms with Crippen molar-refractivity contribution in [3.05, 3.63) is 53.5 Å². The molecular weight excluding hydrogens is 499 g/mol. The van der Waals surface area contributed by atoms with Gasteiger partial charge < -0.3 is 19.9 Å². The zero-order chi connectivity index (χ0) is 26.3. The highest BCUT2D eigenvalue weighted by Gasteiger charge is 2.37. The van der Waals surface area contributed by atoms with Crippen molar-refractivity contribution in [3.8, 4) is 11.8 Å². The highest BCUT2D eigenvalue weighted by molar-refractivity contribution is 6.32. The van der Waals surface area contributed by atoms with Crippen LogP contribution in [0.3, 0.4) is 0 Å². The second-order valence-electron chi connectivity index (χ2n) is 8.64. The van der Waals surface area contributed by atoms with Gasteiger partial charge in [0.2, 0.25) is 5.91 Å². The zero-order valence-corrected chi connectivity index (χ0v) is 21.0. The predicted molar refractivity (Wildman–Crippen MR) is 137 cm³/mol. The van der Waals surface area contributed by atoms with E-state index < -0.39 is 5.82 Å². The molecule has 0 unspecified atom stereocenters. The number of halogens is 2. The van der Waals surface area contributed by atoms with Gasteiger partial charge in [-0.15, -0.1) is 0 Å². The summed E-state index contributed by atoms with van der Waals surface area (Å²) in [5, 5.41) is 5.07. The lowest BCUT2D eigenvalue weighted by molar-refractivity contribution is -0.127. The van der Waals surface area contributed by atoms with Crippen LogP contribution in [0.1, 0.15) is 30.6 Å². The second-order valence-corrected chi connectivity index (χ2v) is 9.02. The van der Waals surface area contributed by atoms with Crippen LogP contribution in [0.25, 0.3) is 22.1 Å². The van der Waals surface area contributed by atoms with Crippen LogP contribution in [0.15, 0.2) is 31.4 Å². The van der Waals surface area contributed by atoms with E-state index in [9.17, 15) is 4.79 Å². The molecule has 1 aliphatic heterocycles. The average molecular weight is 523 g/mol. The maximum atomic E-state index is 15.1. The van der Waals surface area contributed by atoms with Gasteiger partial charge in [0.15, 0.2) is 11.5 Å². The van der Waals surface area contributed by atoms with Crippen LogP contribution >= 0.6 is 11.6 Å². The summed E-state index contributed by atoms with van der Waals surface area (Å²) < 4.78 is 23.8. The number of nitrogens with two attached hydrogens (primary N) is 1. The van der Waals surface area contributed by atoms with E-state index >= 15 is 4.39 Å². The number of amides is 1. The van der Waals surface area contributed by atoms with Crippen molar-refractivity contribution in [1.29, 1.82) is 0 Å². The number of aryl methyl sites for hydroxylation is 1. The van der Waals surface area contributed by atoms with E-state index in [0.717, 1.165) is 0 Å². The van der Waals surface area contributed by atoms with Crippen molar-refractivity contribution in [2.75, 3.05) is 26.0 Å². The van der Waals surface area contributed by atoms with E-state index in [2.05, 4.69) is 33.4 Å². The van der Waals surface area contributed by atoms with Gasteiger partial charge in [-0.3, -0.25) is 4.79 Å². The van der Waals surface area contributed by atoms with Crippen LogP contribution in [-0.2, 0) is 16.1 Å². The number of fused-ring (bicyclic) bond motifs is 2. The highest BCUT2D eigenvalue weighted by Crippen LogP contribution is 2.32. The Kier molecular flexibility index (Phi) is 6.54. The van der Waals surface area contributed by atoms with Gasteiger partial charge in [-0.2, -0.15) is 5.10 Å². The van der Waals surface area contributed by atoms with Gasteiger partial charge in [-0.25, -0.2) is 24.0 Å². The molecule has 0 saturated carbocycles. The molecule has 2 atom stereocenters. The quantitative estimate of drug-likeness (QED) is 0.316. The second kappa shape index (κ2) is 9.80. The number of carbonyl (C=O) groups excluding carboxylic acids is 1. The smallest absolute Gasteiger partial charge is 0.246 e. The van der Waals surface area contributed by atoms with Crippen LogP contribution in [-0.4, -0.2) is 66.4 Å². The maximum absolute atomic E-state index is 15.1. The lowest BCUT2D eigenvalue weighted by Gasteiger charge is -2.22. The third kappa shape index (κ3) is 4.18. The van der Waals surface area contributed by atoms with Crippen LogP contribution in [0.2, 0.25) is 5.02 Å². The van der Waals surface area contributed by atoms with E-state index in [1.165, 1.54) is 12.4 Å². The number of likely N-dealkylation sites (tertiary alicyclic amines) is 1. The van der Waals surface area contributed by atoms with Crippen LogP contribution in [0, 0.1) is 17.7 Å². The number of imidazole rings is 1. The summed E-state index contributed by atoms with van der Waals surface area (Å²) in [5.41, 5.74) is 8.05. The standard InChI is InChI=1S/C25H24ClFN8O2/c1-4-19(36)34-10-15(9-16(34)11-37-3)35-25-20(24(28)29-12-30-25)17(32-35)7-6-14-8-18-23(22(27)21(14)26)33(5-2)13-31-18/h4,8,12-13,15-16H,1,5,9-11H2,2-3H3,(H2,28,29,30)/t15-,16+/m0/s1. The molecule has 1 aromatic carbocycles. The number of benzene rings is 1. The molecular formula is C25H24ClFN8O2. The van der Waals surface area contributed by atoms with Crippen molar-refractivity contribution >= 4 is 45.4 Å². The van der Waals surface area contributed by atoms with Crippen molar-refractivity contribution in [2.24, 2.45) is 0 Å². The fourth-order valence-electron chi connectivity index (χ4n) is 4.77. The van der Waals surface area contributed by atoms with Crippen LogP contribution in [0.5, 0.6) is 0 Å². The maximum Gasteiger partial charge on any atom is 0.246 e. The highest BCUT2D eigenvalue weighted by atomic mass is 35.5. The van der Waals surface area contributed by atoms with Gasteiger partial charge in [0.25, 0.3) is 0 Å². The minimum absolute atomic E-state index is 0.0973. The summed E-state index contributed by atoms with van der Waals surface area (Å²) in [7, 11) is 1.59. The first-order valence-electron chi connectivity index (χ1n) is 11.6. The molecule has 0 spiro atoms. The number of rotatable bonds is 5. The molecule has 2 N–H and O–H groups in total. The van der Waals surface area contributed by atoms with E-state index in [-0.39, 0.29) is 34.4 Å². The number of anilines is 1. The monoisotopic (exact) mass is 522 g/mol. The molecule has 37 heavy (non-hydrogen) atoms. The SMILES string of the molecule is C=CC(=O)N1C[C@@H](n2nc(C#Cc3cc4ncn(CC)c4c(F)c3Cl)c3c(N)ncnc32)C[C@@H]1COC. The first kappa shape index (κ1) is 24.7. The number of hydrogen-bond acceptors (Lipinski definition) is 7. The van der Waals surface area contributed by atoms with E-state index in [1.54, 1.807) is 33.7 Å². The predicted octanol–water partition coefficient (Wildman–Crippen LogP) is 2.94. The molecule has 5 rings (SSSR count). The summed E-state index contributed by atoms with van der Waals surface area (Å²) in [4.78, 5) is 26.9. The molecule has 10 nitrogen and oxygen atoms in total. The molecule has 1 saturated heterocycles. The van der Waals surface area contributed by atoms with Gasteiger partial charge >= 0.3 is 0 Å². The third-order valence-corrected chi connectivity index (χ3v) is 6.88. The normalized spacial score (nSPS) is 17.4. The Morgan fingerprint density at radius 2 is 2.19 bits per heavy atom. The summed E-state index contributed by atoms with van der Waals surface area (Å²) >= 11 is 6.34. The molecule has 3 aromatic heterocycles. The zero-order valence-electron chi connectivity index (χ0n) is 20.3. The molecule has 1 fully saturated rings. The largest absolute Gasteiger partial charge is 0.383 e. The Morgan fingerprint density at radius 3 is 2.92 bits per heavy atom. The molecule has 0 aliphatic carbocycles. The number of methoxy groups -OCH3 is 1. The summed E-state index contributed by atoms with van der Waals surface area (Å²) in [5.74, 6) is 5.34. The Hall–Kier alpha value is -4.01. The first-order valence-corrected chi connectivity index (χ1v) is 12.0. The minimum Gasteiger partial charge on any atom is -0.383 e. The Labute approximate surface area is 216 Å². The van der Waals surface area contributed by atoms with Crippen LogP contribution in [0.4, 0.5) is 10.2 Å². The lowest BCUT2D eigenvalue weighted by Crippen LogP contribution is -2.37. The van der Waals surface area contributed by atoms with Crippen LogP contribution < -0.4 is 5.73 Å². The fourth-order valence-corrected chi connectivity index (χ4v) is 4.96. The van der Waals surface area contributed by atoms with Crippen molar-refractivity contribution in [1.82, 2.24) is 34.2 Å². The molecule has 1 amide bonds. The lowest BCUT2D eigenvalue weighted by atomic mass is 10.1. The Bertz CT molecular complexity index is 1600. The average Bonchev–Trinajstić information content (AvgIpc) is 3.60. The van der Waals surface area contributed by atoms with Crippen molar-refractivity contribution in [2.45, 2.75) is 32.0 Å². The van der Waals surface area contributed by atoms with Gasteiger partial charge in [0.05, 0.1) is 40.9 Å². The van der Waals surface area contributed by atoms with Crippen molar-refractivity contribution in [3.63, 3.8) is 0 Å². The first-order chi connectivity index (χ1) is 17.9. The molecule has 12 heteroatoms. The number of aromatic nitrogens is 6. The van der Waals surface area contributed by atoms with Gasteiger partial charge in [0.1, 0.15) is 23.4 Å². The number of nitrogen functional groups attached to an aromatic ring is 1. The van der Waals surface area contributed by atoms with E-state index in [1.807, 2.05) is 6.92 Å². The van der Waals surface area contributed by atoms with Gasteiger partial charge in [0, 0.05) is 25.8 Å². The Morgan fingerprint density at radius 1 is 1.38 bits per heavy atom. The molecule has 4 aromatic rings. The summed E-state index contributed by atoms with van der Waals surface area (Å²) in [6.07, 6.45) is 4.79. The topological polar surface area (TPSA) is 117 Å².